The van der Waals surface area contributed by atoms with E-state index in [9.17, 15) is 13.2 Å². The van der Waals surface area contributed by atoms with E-state index in [0.717, 1.165) is 0 Å². The van der Waals surface area contributed by atoms with Gasteiger partial charge < -0.3 is 15.2 Å². The molecular weight excluding hydrogens is 272 g/mol. The molecule has 0 saturated carbocycles. The molecular formula is C11H16N2O5S. The number of esters is 1. The Morgan fingerprint density at radius 3 is 2.68 bits per heavy atom. The molecule has 0 heterocycles. The fourth-order valence-corrected chi connectivity index (χ4v) is 2.29. The summed E-state index contributed by atoms with van der Waals surface area (Å²) in [6.07, 6.45) is 0. The van der Waals surface area contributed by atoms with Gasteiger partial charge in [0.15, 0.2) is 0 Å². The van der Waals surface area contributed by atoms with Crippen molar-refractivity contribution in [2.75, 3.05) is 26.0 Å². The van der Waals surface area contributed by atoms with E-state index in [4.69, 9.17) is 10.5 Å². The van der Waals surface area contributed by atoms with Crippen LogP contribution < -0.4 is 15.2 Å². The highest BCUT2D eigenvalue weighted by molar-refractivity contribution is 7.89. The number of benzene rings is 1. The Morgan fingerprint density at radius 2 is 2.11 bits per heavy atom. The number of sulfonamides is 1. The second kappa shape index (κ2) is 6.39. The molecule has 0 bridgehead atoms. The van der Waals surface area contributed by atoms with E-state index in [1.165, 1.54) is 25.3 Å². The number of hydrogen-bond donors (Lipinski definition) is 2. The first-order chi connectivity index (χ1) is 8.90. The Kier molecular flexibility index (Phi) is 5.13. The van der Waals surface area contributed by atoms with Gasteiger partial charge in [0.2, 0.25) is 10.0 Å². The van der Waals surface area contributed by atoms with Crippen LogP contribution in [-0.2, 0) is 19.6 Å². The van der Waals surface area contributed by atoms with E-state index in [0.29, 0.717) is 5.69 Å². The van der Waals surface area contributed by atoms with Crippen molar-refractivity contribution in [3.8, 4) is 5.75 Å². The van der Waals surface area contributed by atoms with Gasteiger partial charge in [-0.2, -0.15) is 4.72 Å². The van der Waals surface area contributed by atoms with Crippen LogP contribution in [-0.4, -0.2) is 34.6 Å². The Bertz CT molecular complexity index is 556. The van der Waals surface area contributed by atoms with E-state index >= 15 is 0 Å². The topological polar surface area (TPSA) is 108 Å². The normalized spacial score (nSPS) is 11.1. The van der Waals surface area contributed by atoms with E-state index < -0.39 is 22.5 Å². The number of rotatable bonds is 6. The highest BCUT2D eigenvalue weighted by Crippen LogP contribution is 2.24. The maximum atomic E-state index is 11.9. The monoisotopic (exact) mass is 288 g/mol. The minimum atomic E-state index is -3.81. The molecule has 0 aliphatic rings. The van der Waals surface area contributed by atoms with E-state index in [-0.39, 0.29) is 17.3 Å². The summed E-state index contributed by atoms with van der Waals surface area (Å²) in [7, 11) is -2.43. The average Bonchev–Trinajstić information content (AvgIpc) is 2.37. The van der Waals surface area contributed by atoms with Gasteiger partial charge in [0.1, 0.15) is 12.3 Å². The third-order valence-electron chi connectivity index (χ3n) is 2.23. The number of carbonyl (C=O) groups is 1. The van der Waals surface area contributed by atoms with Gasteiger partial charge >= 0.3 is 5.97 Å². The lowest BCUT2D eigenvalue weighted by atomic mass is 10.3. The van der Waals surface area contributed by atoms with Crippen LogP contribution in [0.2, 0.25) is 0 Å². The number of hydrogen-bond acceptors (Lipinski definition) is 6. The molecule has 0 fully saturated rings. The standard InChI is InChI=1S/C11H16N2O5S/c1-3-18-11(14)7-13-19(15,16)8-4-5-9(12)10(6-8)17-2/h4-6,13H,3,7,12H2,1-2H3. The van der Waals surface area contributed by atoms with Crippen LogP contribution in [0.25, 0.3) is 0 Å². The summed E-state index contributed by atoms with van der Waals surface area (Å²) >= 11 is 0. The van der Waals surface area contributed by atoms with Crippen molar-refractivity contribution in [2.24, 2.45) is 0 Å². The van der Waals surface area contributed by atoms with Crippen molar-refractivity contribution in [1.82, 2.24) is 4.72 Å². The third-order valence-corrected chi connectivity index (χ3v) is 3.63. The molecule has 106 valence electrons. The van der Waals surface area contributed by atoms with E-state index in [1.807, 2.05) is 0 Å². The molecule has 19 heavy (non-hydrogen) atoms. The van der Waals surface area contributed by atoms with Crippen molar-refractivity contribution < 1.29 is 22.7 Å². The molecule has 1 rings (SSSR count). The van der Waals surface area contributed by atoms with Crippen LogP contribution in [0.4, 0.5) is 5.69 Å². The third kappa shape index (κ3) is 4.11. The summed E-state index contributed by atoms with van der Waals surface area (Å²) < 4.78 is 35.5. The molecule has 0 amide bonds. The molecule has 0 aliphatic heterocycles. The maximum Gasteiger partial charge on any atom is 0.321 e. The van der Waals surface area contributed by atoms with Gasteiger partial charge in [0, 0.05) is 6.07 Å². The van der Waals surface area contributed by atoms with Gasteiger partial charge in [-0.15, -0.1) is 0 Å². The first-order valence-electron chi connectivity index (χ1n) is 5.49. The zero-order valence-electron chi connectivity index (χ0n) is 10.7. The molecule has 0 atom stereocenters. The summed E-state index contributed by atoms with van der Waals surface area (Å²) in [5.74, 6) is -0.396. The van der Waals surface area contributed by atoms with Gasteiger partial charge in [-0.05, 0) is 19.1 Å². The van der Waals surface area contributed by atoms with Crippen LogP contribution in [0, 0.1) is 0 Å². The van der Waals surface area contributed by atoms with Crippen LogP contribution in [0.5, 0.6) is 5.75 Å². The minimum Gasteiger partial charge on any atom is -0.495 e. The molecule has 7 nitrogen and oxygen atoms in total. The van der Waals surface area contributed by atoms with Gasteiger partial charge in [-0.1, -0.05) is 0 Å². The number of nitrogens with two attached hydrogens (primary N) is 1. The van der Waals surface area contributed by atoms with E-state index in [2.05, 4.69) is 9.46 Å². The van der Waals surface area contributed by atoms with Crippen molar-refractivity contribution in [1.29, 1.82) is 0 Å². The second-order valence-corrected chi connectivity index (χ2v) is 5.30. The number of nitrogen functional groups attached to an aromatic ring is 1. The summed E-state index contributed by atoms with van der Waals surface area (Å²) in [5, 5.41) is 0. The fourth-order valence-electron chi connectivity index (χ4n) is 1.31. The zero-order chi connectivity index (χ0) is 14.5. The highest BCUT2D eigenvalue weighted by Gasteiger charge is 2.17. The Hall–Kier alpha value is -1.80. The molecule has 0 unspecified atom stereocenters. The van der Waals surface area contributed by atoms with Gasteiger partial charge in [0.25, 0.3) is 0 Å². The molecule has 1 aromatic carbocycles. The lowest BCUT2D eigenvalue weighted by Crippen LogP contribution is -2.30. The number of methoxy groups -OCH3 is 1. The van der Waals surface area contributed by atoms with Crippen LogP contribution in [0.3, 0.4) is 0 Å². The molecule has 0 saturated heterocycles. The number of ether oxygens (including phenoxy) is 2. The SMILES string of the molecule is CCOC(=O)CNS(=O)(=O)c1ccc(N)c(OC)c1. The van der Waals surface area contributed by atoms with Gasteiger partial charge in [-0.3, -0.25) is 4.79 Å². The minimum absolute atomic E-state index is 0.0390. The molecule has 0 radical (unpaired) electrons. The maximum absolute atomic E-state index is 11.9. The van der Waals surface area contributed by atoms with Crippen LogP contribution in [0.15, 0.2) is 23.1 Å². The largest absolute Gasteiger partial charge is 0.495 e. The average molecular weight is 288 g/mol. The first kappa shape index (κ1) is 15.3. The zero-order valence-corrected chi connectivity index (χ0v) is 11.5. The quantitative estimate of drug-likeness (QED) is 0.568. The summed E-state index contributed by atoms with van der Waals surface area (Å²) in [6, 6.07) is 4.02. The Labute approximate surface area is 111 Å². The summed E-state index contributed by atoms with van der Waals surface area (Å²) in [5.41, 5.74) is 5.92. The van der Waals surface area contributed by atoms with Gasteiger partial charge in [0.05, 0.1) is 24.3 Å². The predicted molar refractivity (Wildman–Crippen MR) is 69.2 cm³/mol. The Balaban J connectivity index is 2.85. The van der Waals surface area contributed by atoms with Crippen molar-refractivity contribution >= 4 is 21.7 Å². The summed E-state index contributed by atoms with van der Waals surface area (Å²) in [4.78, 5) is 11.1. The van der Waals surface area contributed by atoms with Crippen LogP contribution in [0.1, 0.15) is 6.92 Å². The van der Waals surface area contributed by atoms with E-state index in [1.54, 1.807) is 6.92 Å². The molecule has 3 N–H and O–H groups in total. The number of nitrogens with one attached hydrogen (secondary N) is 1. The van der Waals surface area contributed by atoms with Gasteiger partial charge in [-0.25, -0.2) is 8.42 Å². The smallest absolute Gasteiger partial charge is 0.321 e. The van der Waals surface area contributed by atoms with Crippen molar-refractivity contribution in [3.05, 3.63) is 18.2 Å². The molecule has 8 heteroatoms. The van der Waals surface area contributed by atoms with Crippen molar-refractivity contribution in [3.63, 3.8) is 0 Å². The first-order valence-corrected chi connectivity index (χ1v) is 6.97. The Morgan fingerprint density at radius 1 is 1.42 bits per heavy atom. The van der Waals surface area contributed by atoms with Crippen LogP contribution >= 0.6 is 0 Å². The fraction of sp³-hybridized carbons (Fsp3) is 0.364. The number of carbonyl (C=O) groups excluding carboxylic acids is 1. The molecule has 0 spiro atoms. The molecule has 1 aromatic rings. The lowest BCUT2D eigenvalue weighted by molar-refractivity contribution is -0.141. The van der Waals surface area contributed by atoms with Crippen molar-refractivity contribution in [2.45, 2.75) is 11.8 Å². The summed E-state index contributed by atoms with van der Waals surface area (Å²) in [6.45, 7) is 1.40. The lowest BCUT2D eigenvalue weighted by Gasteiger charge is -2.09. The molecule has 0 aromatic heterocycles. The number of anilines is 1. The molecule has 0 aliphatic carbocycles. The predicted octanol–water partition coefficient (Wildman–Crippen LogP) is 0.119. The highest BCUT2D eigenvalue weighted by atomic mass is 32.2. The second-order valence-electron chi connectivity index (χ2n) is 3.53.